The fraction of sp³-hybridized carbons (Fsp3) is 0.409. The van der Waals surface area contributed by atoms with E-state index in [0.717, 1.165) is 26.7 Å². The molecule has 0 radical (unpaired) electrons. The topological polar surface area (TPSA) is 66.5 Å². The fourth-order valence-corrected chi connectivity index (χ4v) is 4.18. The minimum absolute atomic E-state index is 0.179. The number of rotatable bonds is 7. The largest absolute Gasteiger partial charge is 0.324 e. The minimum Gasteiger partial charge on any atom is -0.324 e. The highest BCUT2D eigenvalue weighted by atomic mass is 32.2. The zero-order valence-electron chi connectivity index (χ0n) is 17.5. The van der Waals surface area contributed by atoms with Crippen molar-refractivity contribution in [2.45, 2.75) is 51.3 Å². The van der Waals surface area contributed by atoms with Crippen LogP contribution in [0.5, 0.6) is 0 Å². The summed E-state index contributed by atoms with van der Waals surface area (Å²) in [5, 5.41) is 2.96. The maximum Gasteiger partial charge on any atom is 0.243 e. The highest BCUT2D eigenvalue weighted by Crippen LogP contribution is 2.32. The Bertz CT molecular complexity index is 907. The molecule has 0 spiro atoms. The summed E-state index contributed by atoms with van der Waals surface area (Å²) in [5.41, 5.74) is 3.86. The summed E-state index contributed by atoms with van der Waals surface area (Å²) in [6, 6.07) is 12.6. The molecule has 0 heterocycles. The molecule has 5 nitrogen and oxygen atoms in total. The number of aryl methyl sites for hydroxylation is 1. The average Bonchev–Trinajstić information content (AvgIpc) is 2.61. The zero-order valence-corrected chi connectivity index (χ0v) is 18.3. The van der Waals surface area contributed by atoms with Crippen LogP contribution in [0.15, 0.2) is 47.4 Å². The quantitative estimate of drug-likeness (QED) is 0.741. The molecule has 0 unspecified atom stereocenters. The number of nitrogens with zero attached hydrogens (tertiary/aromatic N) is 1. The average molecular weight is 403 g/mol. The van der Waals surface area contributed by atoms with Gasteiger partial charge in [0.05, 0.1) is 11.4 Å². The molecule has 0 atom stereocenters. The molecule has 0 bridgehead atoms. The monoisotopic (exact) mass is 402 g/mol. The number of carbonyl (C=O) groups is 1. The Morgan fingerprint density at radius 1 is 0.964 bits per heavy atom. The van der Waals surface area contributed by atoms with Crippen molar-refractivity contribution >= 4 is 21.6 Å². The number of hydrogen-bond acceptors (Lipinski definition) is 3. The van der Waals surface area contributed by atoms with E-state index in [2.05, 4.69) is 33.0 Å². The molecular formula is C22H30N2O3S. The van der Waals surface area contributed by atoms with Crippen LogP contribution in [0.2, 0.25) is 0 Å². The van der Waals surface area contributed by atoms with Gasteiger partial charge in [-0.15, -0.1) is 0 Å². The number of para-hydroxylation sites is 1. The number of carbonyl (C=O) groups excluding carboxylic acids is 1. The van der Waals surface area contributed by atoms with Gasteiger partial charge in [-0.3, -0.25) is 4.79 Å². The zero-order chi connectivity index (χ0) is 21.1. The van der Waals surface area contributed by atoms with Crippen LogP contribution >= 0.6 is 0 Å². The summed E-state index contributed by atoms with van der Waals surface area (Å²) < 4.78 is 26.5. The molecule has 1 amide bonds. The molecule has 28 heavy (non-hydrogen) atoms. The van der Waals surface area contributed by atoms with E-state index in [1.54, 1.807) is 24.3 Å². The highest BCUT2D eigenvalue weighted by Gasteiger charge is 2.24. The first-order valence-electron chi connectivity index (χ1n) is 9.49. The lowest BCUT2D eigenvalue weighted by atomic mass is 9.92. The molecule has 0 aliphatic carbocycles. The van der Waals surface area contributed by atoms with Crippen molar-refractivity contribution in [3.05, 3.63) is 59.2 Å². The Hall–Kier alpha value is -2.18. The second-order valence-electron chi connectivity index (χ2n) is 7.74. The first kappa shape index (κ1) is 22.1. The van der Waals surface area contributed by atoms with E-state index < -0.39 is 10.0 Å². The van der Waals surface area contributed by atoms with E-state index in [4.69, 9.17) is 0 Å². The summed E-state index contributed by atoms with van der Waals surface area (Å²) >= 11 is 0. The van der Waals surface area contributed by atoms with Crippen molar-refractivity contribution in [1.29, 1.82) is 0 Å². The predicted octanol–water partition coefficient (Wildman–Crippen LogP) is 4.50. The Labute approximate surface area is 168 Å². The third kappa shape index (κ3) is 5.00. The molecule has 152 valence electrons. The van der Waals surface area contributed by atoms with Crippen LogP contribution in [-0.4, -0.2) is 32.2 Å². The van der Waals surface area contributed by atoms with Crippen molar-refractivity contribution in [2.75, 3.05) is 18.9 Å². The van der Waals surface area contributed by atoms with Gasteiger partial charge in [0, 0.05) is 12.7 Å². The molecule has 0 fully saturated rings. The molecular weight excluding hydrogens is 372 g/mol. The van der Waals surface area contributed by atoms with Gasteiger partial charge in [0.15, 0.2) is 0 Å². The molecule has 0 aliphatic rings. The Morgan fingerprint density at radius 2 is 1.46 bits per heavy atom. The maximum absolute atomic E-state index is 12.7. The molecule has 2 aromatic rings. The Kier molecular flexibility index (Phi) is 7.01. The van der Waals surface area contributed by atoms with E-state index in [1.165, 1.54) is 7.05 Å². The molecule has 0 saturated heterocycles. The van der Waals surface area contributed by atoms with Crippen LogP contribution in [0.1, 0.15) is 56.2 Å². The van der Waals surface area contributed by atoms with Gasteiger partial charge >= 0.3 is 0 Å². The van der Waals surface area contributed by atoms with E-state index in [-0.39, 0.29) is 29.2 Å². The van der Waals surface area contributed by atoms with Crippen LogP contribution in [0.4, 0.5) is 5.69 Å². The fourth-order valence-electron chi connectivity index (χ4n) is 3.05. The molecule has 0 saturated carbocycles. The van der Waals surface area contributed by atoms with Crippen molar-refractivity contribution in [3.8, 4) is 0 Å². The maximum atomic E-state index is 12.7. The van der Waals surface area contributed by atoms with Gasteiger partial charge in [0.25, 0.3) is 0 Å². The van der Waals surface area contributed by atoms with Gasteiger partial charge in [0.2, 0.25) is 15.9 Å². The van der Waals surface area contributed by atoms with Crippen LogP contribution in [0.25, 0.3) is 0 Å². The lowest BCUT2D eigenvalue weighted by Gasteiger charge is -2.22. The summed E-state index contributed by atoms with van der Waals surface area (Å²) in [6.07, 6.45) is 0. The summed E-state index contributed by atoms with van der Waals surface area (Å²) in [7, 11) is -2.30. The SMILES string of the molecule is Cc1ccc(S(=O)(=O)N(C)CC(=O)Nc2c(C(C)C)cccc2C(C)C)cc1. The summed E-state index contributed by atoms with van der Waals surface area (Å²) in [5.74, 6) is 0.124. The van der Waals surface area contributed by atoms with Crippen molar-refractivity contribution in [3.63, 3.8) is 0 Å². The summed E-state index contributed by atoms with van der Waals surface area (Å²) in [4.78, 5) is 12.9. The van der Waals surface area contributed by atoms with Crippen molar-refractivity contribution in [2.24, 2.45) is 0 Å². The van der Waals surface area contributed by atoms with E-state index in [9.17, 15) is 13.2 Å². The molecule has 6 heteroatoms. The van der Waals surface area contributed by atoms with Crippen molar-refractivity contribution in [1.82, 2.24) is 4.31 Å². The first-order valence-corrected chi connectivity index (χ1v) is 10.9. The Morgan fingerprint density at radius 3 is 1.93 bits per heavy atom. The number of hydrogen-bond donors (Lipinski definition) is 1. The number of nitrogens with one attached hydrogen (secondary N) is 1. The van der Waals surface area contributed by atoms with Crippen LogP contribution in [0, 0.1) is 6.92 Å². The number of benzene rings is 2. The normalized spacial score (nSPS) is 12.0. The first-order chi connectivity index (χ1) is 13.0. The smallest absolute Gasteiger partial charge is 0.243 e. The van der Waals surface area contributed by atoms with Gasteiger partial charge in [-0.05, 0) is 42.0 Å². The third-order valence-corrected chi connectivity index (χ3v) is 6.55. The molecule has 2 aromatic carbocycles. The van der Waals surface area contributed by atoms with Crippen LogP contribution in [0.3, 0.4) is 0 Å². The molecule has 0 aromatic heterocycles. The van der Waals surface area contributed by atoms with E-state index >= 15 is 0 Å². The number of likely N-dealkylation sites (N-methyl/N-ethyl adjacent to an activating group) is 1. The van der Waals surface area contributed by atoms with E-state index in [1.807, 2.05) is 25.1 Å². The highest BCUT2D eigenvalue weighted by molar-refractivity contribution is 7.89. The second kappa shape index (κ2) is 8.88. The van der Waals surface area contributed by atoms with Gasteiger partial charge < -0.3 is 5.32 Å². The van der Waals surface area contributed by atoms with Gasteiger partial charge in [-0.2, -0.15) is 4.31 Å². The predicted molar refractivity (Wildman–Crippen MR) is 114 cm³/mol. The molecule has 1 N–H and O–H groups in total. The van der Waals surface area contributed by atoms with Crippen LogP contribution < -0.4 is 5.32 Å². The number of anilines is 1. The molecule has 0 aliphatic heterocycles. The number of amides is 1. The van der Waals surface area contributed by atoms with Gasteiger partial charge in [0.1, 0.15) is 0 Å². The minimum atomic E-state index is -3.72. The summed E-state index contributed by atoms with van der Waals surface area (Å²) in [6.45, 7) is 9.94. The third-order valence-electron chi connectivity index (χ3n) is 4.73. The van der Waals surface area contributed by atoms with Gasteiger partial charge in [-0.1, -0.05) is 63.6 Å². The standard InChI is InChI=1S/C22H30N2O3S/c1-15(2)19-8-7-9-20(16(3)4)22(19)23-21(25)14-24(6)28(26,27)18-12-10-17(5)11-13-18/h7-13,15-16H,14H2,1-6H3,(H,23,25). The molecule has 2 rings (SSSR count). The van der Waals surface area contributed by atoms with Crippen molar-refractivity contribution < 1.29 is 13.2 Å². The number of sulfonamides is 1. The Balaban J connectivity index is 2.23. The van der Waals surface area contributed by atoms with E-state index in [0.29, 0.717) is 0 Å². The van der Waals surface area contributed by atoms with Gasteiger partial charge in [-0.25, -0.2) is 8.42 Å². The lowest BCUT2D eigenvalue weighted by molar-refractivity contribution is -0.116. The van der Waals surface area contributed by atoms with Crippen LogP contribution in [-0.2, 0) is 14.8 Å². The second-order valence-corrected chi connectivity index (χ2v) is 9.79. The lowest BCUT2D eigenvalue weighted by Crippen LogP contribution is -2.35.